The molecule has 1 unspecified atom stereocenters. The molecule has 0 saturated carbocycles. The first-order valence-electron chi connectivity index (χ1n) is 5.18. The molecule has 102 valence electrons. The van der Waals surface area contributed by atoms with Gasteiger partial charge in [-0.25, -0.2) is 0 Å². The van der Waals surface area contributed by atoms with Crippen LogP contribution in [0.2, 0.25) is 5.02 Å². The van der Waals surface area contributed by atoms with E-state index in [0.717, 1.165) is 6.92 Å². The molecule has 0 fully saturated rings. The zero-order valence-corrected chi connectivity index (χ0v) is 10.5. The first-order valence-corrected chi connectivity index (χ1v) is 5.56. The average molecular weight is 292 g/mol. The van der Waals surface area contributed by atoms with Crippen LogP contribution in [0, 0.1) is 0 Å². The maximum atomic E-state index is 12.7. The minimum absolute atomic E-state index is 0.0403. The van der Waals surface area contributed by atoms with Crippen LogP contribution in [0.3, 0.4) is 0 Å². The molecule has 2 aromatic rings. The number of aromatic nitrogens is 2. The van der Waals surface area contributed by atoms with Crippen LogP contribution in [-0.4, -0.2) is 16.3 Å². The molecule has 2 rings (SSSR count). The van der Waals surface area contributed by atoms with Crippen molar-refractivity contribution in [3.8, 4) is 11.4 Å². The molecule has 0 aliphatic carbocycles. The van der Waals surface area contributed by atoms with Crippen molar-refractivity contribution < 1.29 is 17.7 Å². The van der Waals surface area contributed by atoms with Crippen molar-refractivity contribution in [2.24, 2.45) is 5.73 Å². The highest BCUT2D eigenvalue weighted by Crippen LogP contribution is 2.36. The van der Waals surface area contributed by atoms with E-state index in [4.69, 9.17) is 17.3 Å². The van der Waals surface area contributed by atoms with Crippen LogP contribution in [0.1, 0.15) is 12.8 Å². The third-order valence-electron chi connectivity index (χ3n) is 2.57. The Morgan fingerprint density at radius 3 is 2.47 bits per heavy atom. The van der Waals surface area contributed by atoms with Gasteiger partial charge in [0.2, 0.25) is 5.82 Å². The van der Waals surface area contributed by atoms with Gasteiger partial charge in [-0.3, -0.25) is 0 Å². The van der Waals surface area contributed by atoms with Crippen LogP contribution in [0.25, 0.3) is 11.4 Å². The topological polar surface area (TPSA) is 64.9 Å². The molecular formula is C11H9ClF3N3O. The van der Waals surface area contributed by atoms with E-state index in [1.807, 2.05) is 0 Å². The molecule has 0 amide bonds. The Hall–Kier alpha value is -1.60. The fourth-order valence-electron chi connectivity index (χ4n) is 1.31. The molecule has 0 saturated heterocycles. The number of alkyl halides is 3. The van der Waals surface area contributed by atoms with Gasteiger partial charge in [0.15, 0.2) is 5.54 Å². The first kappa shape index (κ1) is 13.8. The van der Waals surface area contributed by atoms with Gasteiger partial charge in [0, 0.05) is 5.56 Å². The van der Waals surface area contributed by atoms with Gasteiger partial charge in [0.1, 0.15) is 0 Å². The lowest BCUT2D eigenvalue weighted by atomic mass is 10.0. The summed E-state index contributed by atoms with van der Waals surface area (Å²) in [5.74, 6) is -0.753. The van der Waals surface area contributed by atoms with Crippen molar-refractivity contribution >= 4 is 11.6 Å². The molecule has 1 aromatic carbocycles. The molecule has 2 N–H and O–H groups in total. The zero-order valence-electron chi connectivity index (χ0n) is 9.70. The van der Waals surface area contributed by atoms with Gasteiger partial charge in [0.05, 0.1) is 5.02 Å². The molecule has 1 atom stereocenters. The molecule has 0 aliphatic rings. The van der Waals surface area contributed by atoms with E-state index in [1.54, 1.807) is 24.3 Å². The van der Waals surface area contributed by atoms with Crippen LogP contribution in [0.4, 0.5) is 13.2 Å². The SMILES string of the molecule is CC(N)(c1nc(-c2ccccc2Cl)no1)C(F)(F)F. The summed E-state index contributed by atoms with van der Waals surface area (Å²) < 4.78 is 42.8. The van der Waals surface area contributed by atoms with Crippen molar-refractivity contribution in [2.75, 3.05) is 0 Å². The molecule has 0 radical (unpaired) electrons. The first-order chi connectivity index (χ1) is 8.73. The van der Waals surface area contributed by atoms with Gasteiger partial charge in [-0.2, -0.15) is 18.2 Å². The average Bonchev–Trinajstić information content (AvgIpc) is 2.77. The van der Waals surface area contributed by atoms with Crippen LogP contribution in [-0.2, 0) is 5.54 Å². The van der Waals surface area contributed by atoms with Crippen molar-refractivity contribution in [3.05, 3.63) is 35.2 Å². The molecule has 1 aromatic heterocycles. The largest absolute Gasteiger partial charge is 0.415 e. The van der Waals surface area contributed by atoms with Crippen molar-refractivity contribution in [2.45, 2.75) is 18.6 Å². The Morgan fingerprint density at radius 2 is 1.89 bits per heavy atom. The van der Waals surface area contributed by atoms with Crippen LogP contribution < -0.4 is 5.73 Å². The number of nitrogens with two attached hydrogens (primary N) is 1. The van der Waals surface area contributed by atoms with Crippen LogP contribution >= 0.6 is 11.6 Å². The Balaban J connectivity index is 2.43. The molecular weight excluding hydrogens is 283 g/mol. The number of nitrogens with zero attached hydrogens (tertiary/aromatic N) is 2. The zero-order chi connectivity index (χ0) is 14.3. The van der Waals surface area contributed by atoms with Crippen LogP contribution in [0.15, 0.2) is 28.8 Å². The fraction of sp³-hybridized carbons (Fsp3) is 0.273. The predicted molar refractivity (Wildman–Crippen MR) is 62.3 cm³/mol. The van der Waals surface area contributed by atoms with Gasteiger partial charge in [-0.1, -0.05) is 28.9 Å². The van der Waals surface area contributed by atoms with E-state index in [9.17, 15) is 13.2 Å². The quantitative estimate of drug-likeness (QED) is 0.923. The highest BCUT2D eigenvalue weighted by atomic mass is 35.5. The Bertz CT molecular complexity index is 595. The monoisotopic (exact) mass is 291 g/mol. The summed E-state index contributed by atoms with van der Waals surface area (Å²) in [4.78, 5) is 3.67. The van der Waals surface area contributed by atoms with Gasteiger partial charge < -0.3 is 10.3 Å². The Morgan fingerprint density at radius 1 is 1.26 bits per heavy atom. The van der Waals surface area contributed by atoms with E-state index in [0.29, 0.717) is 10.6 Å². The number of hydrogen-bond donors (Lipinski definition) is 1. The summed E-state index contributed by atoms with van der Waals surface area (Å²) in [5.41, 5.74) is 2.85. The molecule has 8 heteroatoms. The number of benzene rings is 1. The maximum absolute atomic E-state index is 12.7. The maximum Gasteiger partial charge on any atom is 0.415 e. The third-order valence-corrected chi connectivity index (χ3v) is 2.90. The minimum atomic E-state index is -4.70. The summed E-state index contributed by atoms with van der Waals surface area (Å²) >= 11 is 5.90. The molecule has 0 bridgehead atoms. The summed E-state index contributed by atoms with van der Waals surface area (Å²) in [7, 11) is 0. The van der Waals surface area contributed by atoms with Gasteiger partial charge >= 0.3 is 6.18 Å². The molecule has 19 heavy (non-hydrogen) atoms. The fourth-order valence-corrected chi connectivity index (χ4v) is 1.53. The number of rotatable bonds is 2. The number of hydrogen-bond acceptors (Lipinski definition) is 4. The molecule has 0 aliphatic heterocycles. The third kappa shape index (κ3) is 2.43. The number of halogens is 4. The Labute approximate surface area is 111 Å². The van der Waals surface area contributed by atoms with Crippen molar-refractivity contribution in [1.82, 2.24) is 10.1 Å². The lowest BCUT2D eigenvalue weighted by molar-refractivity contribution is -0.190. The van der Waals surface area contributed by atoms with E-state index >= 15 is 0 Å². The van der Waals surface area contributed by atoms with E-state index in [-0.39, 0.29) is 5.82 Å². The highest BCUT2D eigenvalue weighted by molar-refractivity contribution is 6.33. The van der Waals surface area contributed by atoms with Crippen molar-refractivity contribution in [3.63, 3.8) is 0 Å². The molecule has 1 heterocycles. The van der Waals surface area contributed by atoms with Crippen molar-refractivity contribution in [1.29, 1.82) is 0 Å². The lowest BCUT2D eigenvalue weighted by Crippen LogP contribution is -2.47. The summed E-state index contributed by atoms with van der Waals surface area (Å²) in [5, 5.41) is 3.78. The smallest absolute Gasteiger partial charge is 0.337 e. The predicted octanol–water partition coefficient (Wildman–Crippen LogP) is 3.13. The molecule has 0 spiro atoms. The standard InChI is InChI=1S/C11H9ClF3N3O/c1-10(16,11(13,14)15)9-17-8(18-19-9)6-4-2-3-5-7(6)12/h2-5H,16H2,1H3. The van der Waals surface area contributed by atoms with Gasteiger partial charge in [0.25, 0.3) is 5.89 Å². The Kier molecular flexibility index (Phi) is 3.27. The molecule has 4 nitrogen and oxygen atoms in total. The van der Waals surface area contributed by atoms with E-state index in [1.165, 1.54) is 0 Å². The lowest BCUT2D eigenvalue weighted by Gasteiger charge is -2.22. The second kappa shape index (κ2) is 4.50. The van der Waals surface area contributed by atoms with Crippen LogP contribution in [0.5, 0.6) is 0 Å². The highest BCUT2D eigenvalue weighted by Gasteiger charge is 2.53. The summed E-state index contributed by atoms with van der Waals surface area (Å²) in [6, 6.07) is 6.47. The summed E-state index contributed by atoms with van der Waals surface area (Å²) in [6.07, 6.45) is -4.70. The van der Waals surface area contributed by atoms with Gasteiger partial charge in [-0.05, 0) is 19.1 Å². The normalized spacial score (nSPS) is 15.3. The van der Waals surface area contributed by atoms with E-state index in [2.05, 4.69) is 14.7 Å². The summed E-state index contributed by atoms with van der Waals surface area (Å²) in [6.45, 7) is 0.761. The van der Waals surface area contributed by atoms with E-state index < -0.39 is 17.6 Å². The minimum Gasteiger partial charge on any atom is -0.337 e. The van der Waals surface area contributed by atoms with Gasteiger partial charge in [-0.15, -0.1) is 0 Å². The second-order valence-electron chi connectivity index (χ2n) is 4.10. The second-order valence-corrected chi connectivity index (χ2v) is 4.51.